The Morgan fingerprint density at radius 1 is 1.35 bits per heavy atom. The van der Waals surface area contributed by atoms with Crippen molar-refractivity contribution in [2.75, 3.05) is 38.1 Å². The van der Waals surface area contributed by atoms with E-state index < -0.39 is 23.6 Å². The number of halogens is 2. The summed E-state index contributed by atoms with van der Waals surface area (Å²) in [4.78, 5) is 31.9. The van der Waals surface area contributed by atoms with Gasteiger partial charge in [0, 0.05) is 18.8 Å². The molecule has 0 aromatic heterocycles. The average Bonchev–Trinajstić information content (AvgIpc) is 3.50. The number of aliphatic hydroxyl groups is 1. The number of carbonyl (C=O) groups excluding carboxylic acids is 2. The van der Waals surface area contributed by atoms with E-state index in [4.69, 9.17) is 16.3 Å². The molecule has 1 unspecified atom stereocenters. The summed E-state index contributed by atoms with van der Waals surface area (Å²) < 4.78 is 19.5. The highest BCUT2D eigenvalue weighted by Gasteiger charge is 2.55. The van der Waals surface area contributed by atoms with Crippen LogP contribution in [0, 0.1) is 11.2 Å². The first-order valence-corrected chi connectivity index (χ1v) is 12.4. The summed E-state index contributed by atoms with van der Waals surface area (Å²) in [6.45, 7) is 6.66. The van der Waals surface area contributed by atoms with Crippen LogP contribution >= 0.6 is 11.6 Å². The van der Waals surface area contributed by atoms with Crippen molar-refractivity contribution < 1.29 is 23.8 Å². The summed E-state index contributed by atoms with van der Waals surface area (Å²) in [5.74, 6) is -0.722. The number of piperazine rings is 1. The quantitative estimate of drug-likeness (QED) is 0.672. The molecule has 0 bridgehead atoms. The van der Waals surface area contributed by atoms with Crippen molar-refractivity contribution in [3.05, 3.63) is 29.0 Å². The zero-order valence-electron chi connectivity index (χ0n) is 19.6. The Labute approximate surface area is 204 Å². The number of ether oxygens (including phenoxy) is 1. The molecule has 5 rings (SSSR count). The van der Waals surface area contributed by atoms with Crippen LogP contribution in [0.25, 0.3) is 0 Å². The second kappa shape index (κ2) is 8.62. The van der Waals surface area contributed by atoms with Crippen molar-refractivity contribution >= 4 is 29.2 Å². The number of carbonyl (C=O) groups is 2. The number of urea groups is 1. The lowest BCUT2D eigenvalue weighted by Crippen LogP contribution is -2.68. The Morgan fingerprint density at radius 2 is 2.12 bits per heavy atom. The molecule has 34 heavy (non-hydrogen) atoms. The molecule has 2 N–H and O–H groups in total. The molecule has 4 atom stereocenters. The summed E-state index contributed by atoms with van der Waals surface area (Å²) in [5.41, 5.74) is -0.385. The van der Waals surface area contributed by atoms with Crippen LogP contribution in [-0.2, 0) is 9.53 Å². The Kier molecular flexibility index (Phi) is 6.03. The predicted molar refractivity (Wildman–Crippen MR) is 125 cm³/mol. The van der Waals surface area contributed by atoms with E-state index >= 15 is 0 Å². The van der Waals surface area contributed by atoms with Gasteiger partial charge in [0.1, 0.15) is 11.9 Å². The highest BCUT2D eigenvalue weighted by atomic mass is 35.5. The minimum atomic E-state index is -0.911. The number of amides is 3. The number of nitrogens with one attached hydrogen (secondary N) is 1. The summed E-state index contributed by atoms with van der Waals surface area (Å²) in [5, 5.41) is 13.1. The third-order valence-electron chi connectivity index (χ3n) is 8.15. The first-order chi connectivity index (χ1) is 16.1. The Hall–Kier alpha value is -1.94. The molecule has 3 heterocycles. The highest BCUT2D eigenvalue weighted by Crippen LogP contribution is 2.53. The third kappa shape index (κ3) is 4.17. The number of rotatable bonds is 4. The zero-order chi connectivity index (χ0) is 24.3. The van der Waals surface area contributed by atoms with Gasteiger partial charge >= 0.3 is 6.03 Å². The molecule has 4 aliphatic rings. The number of β-amino-alcohol motifs (C(OH)–C–C–N with tert-alkyl or cyclic N) is 1. The Balaban J connectivity index is 1.21. The summed E-state index contributed by atoms with van der Waals surface area (Å²) in [6.07, 6.45) is 3.81. The van der Waals surface area contributed by atoms with Gasteiger partial charge in [0.05, 0.1) is 30.3 Å². The number of aliphatic hydroxyl groups excluding tert-OH is 1. The number of fused-ring (bicyclic) bond motifs is 1. The average molecular weight is 495 g/mol. The molecule has 1 aromatic rings. The van der Waals surface area contributed by atoms with Crippen molar-refractivity contribution in [3.63, 3.8) is 0 Å². The van der Waals surface area contributed by atoms with Crippen molar-refractivity contribution in [2.45, 2.75) is 63.4 Å². The molecule has 0 radical (unpaired) electrons. The molecular weight excluding hydrogens is 463 g/mol. The standard InChI is InChI=1S/C24H32ClFN4O4/c1-15-21(32)30-17(5-9-28-10-8-24(6-7-24)20(31)12-28)13-34-23(30,2)14-29(15)22(33)27-16-3-4-19(26)18(25)11-16/h3-4,11,15,17,20,31H,5-10,12-14H2,1-2H3,(H,27,33)/t15-,17-,20+,23?/m0/s1. The maximum absolute atomic E-state index is 13.4. The monoisotopic (exact) mass is 494 g/mol. The fourth-order valence-corrected chi connectivity index (χ4v) is 5.89. The van der Waals surface area contributed by atoms with Crippen LogP contribution in [0.4, 0.5) is 14.9 Å². The van der Waals surface area contributed by atoms with Gasteiger partial charge in [-0.15, -0.1) is 0 Å². The van der Waals surface area contributed by atoms with E-state index in [0.717, 1.165) is 38.8 Å². The smallest absolute Gasteiger partial charge is 0.322 e. The van der Waals surface area contributed by atoms with Crippen molar-refractivity contribution in [2.24, 2.45) is 5.41 Å². The van der Waals surface area contributed by atoms with Crippen molar-refractivity contribution in [1.29, 1.82) is 0 Å². The van der Waals surface area contributed by atoms with E-state index in [9.17, 15) is 19.1 Å². The van der Waals surface area contributed by atoms with Crippen molar-refractivity contribution in [1.82, 2.24) is 14.7 Å². The molecule has 8 nitrogen and oxygen atoms in total. The van der Waals surface area contributed by atoms with Gasteiger partial charge in [0.25, 0.3) is 0 Å². The minimum Gasteiger partial charge on any atom is -0.391 e. The van der Waals surface area contributed by atoms with Gasteiger partial charge in [-0.05, 0) is 69.7 Å². The molecule has 1 saturated carbocycles. The molecular formula is C24H32ClFN4O4. The van der Waals surface area contributed by atoms with E-state index in [1.54, 1.807) is 11.8 Å². The molecule has 10 heteroatoms. The number of hydrogen-bond acceptors (Lipinski definition) is 5. The SMILES string of the molecule is C[C@H]1C(=O)N2[C@@H](CCN3CCC4(CC4)[C@H](O)C3)COC2(C)CN1C(=O)Nc1ccc(F)c(Cl)c1. The molecule has 1 aliphatic carbocycles. The largest absolute Gasteiger partial charge is 0.391 e. The zero-order valence-corrected chi connectivity index (χ0v) is 20.4. The van der Waals surface area contributed by atoms with Gasteiger partial charge in [0.2, 0.25) is 5.91 Å². The van der Waals surface area contributed by atoms with Gasteiger partial charge < -0.3 is 29.9 Å². The summed E-state index contributed by atoms with van der Waals surface area (Å²) in [6, 6.07) is 2.74. The number of benzene rings is 1. The minimum absolute atomic E-state index is 0.0741. The van der Waals surface area contributed by atoms with Crippen molar-refractivity contribution in [3.8, 4) is 0 Å². The van der Waals surface area contributed by atoms with Crippen LogP contribution in [0.5, 0.6) is 0 Å². The molecule has 3 amide bonds. The second-order valence-electron chi connectivity index (χ2n) is 10.4. The van der Waals surface area contributed by atoms with Gasteiger partial charge in [-0.2, -0.15) is 0 Å². The highest BCUT2D eigenvalue weighted by molar-refractivity contribution is 6.31. The van der Waals surface area contributed by atoms with E-state index in [-0.39, 0.29) is 35.0 Å². The fraction of sp³-hybridized carbons (Fsp3) is 0.667. The van der Waals surface area contributed by atoms with Crippen LogP contribution in [0.15, 0.2) is 18.2 Å². The number of piperidine rings is 1. The molecule has 1 spiro atoms. The maximum Gasteiger partial charge on any atom is 0.322 e. The second-order valence-corrected chi connectivity index (χ2v) is 10.8. The maximum atomic E-state index is 13.4. The van der Waals surface area contributed by atoms with E-state index in [0.29, 0.717) is 18.8 Å². The van der Waals surface area contributed by atoms with E-state index in [1.165, 1.54) is 23.1 Å². The fourth-order valence-electron chi connectivity index (χ4n) is 5.71. The topological polar surface area (TPSA) is 85.4 Å². The van der Waals surface area contributed by atoms with Gasteiger partial charge in [-0.1, -0.05) is 11.6 Å². The molecule has 186 valence electrons. The summed E-state index contributed by atoms with van der Waals surface area (Å²) in [7, 11) is 0. The Bertz CT molecular complexity index is 992. The number of nitrogens with zero attached hydrogens (tertiary/aromatic N) is 3. The van der Waals surface area contributed by atoms with Crippen LogP contribution < -0.4 is 5.32 Å². The first kappa shape index (κ1) is 23.8. The van der Waals surface area contributed by atoms with Gasteiger partial charge in [-0.3, -0.25) is 4.79 Å². The lowest BCUT2D eigenvalue weighted by molar-refractivity contribution is -0.167. The first-order valence-electron chi connectivity index (χ1n) is 12.0. The van der Waals surface area contributed by atoms with Gasteiger partial charge in [-0.25, -0.2) is 9.18 Å². The molecule has 1 aromatic carbocycles. The van der Waals surface area contributed by atoms with Crippen LogP contribution in [-0.4, -0.2) is 88.4 Å². The molecule has 3 saturated heterocycles. The predicted octanol–water partition coefficient (Wildman–Crippen LogP) is 2.90. The van der Waals surface area contributed by atoms with E-state index in [1.807, 2.05) is 6.92 Å². The Morgan fingerprint density at radius 3 is 2.79 bits per heavy atom. The van der Waals surface area contributed by atoms with Crippen LogP contribution in [0.2, 0.25) is 5.02 Å². The molecule has 3 aliphatic heterocycles. The van der Waals surface area contributed by atoms with Crippen LogP contribution in [0.3, 0.4) is 0 Å². The number of likely N-dealkylation sites (tertiary alicyclic amines) is 1. The number of anilines is 1. The normalized spacial score (nSPS) is 32.7. The van der Waals surface area contributed by atoms with E-state index in [2.05, 4.69) is 10.2 Å². The lowest BCUT2D eigenvalue weighted by atomic mass is 9.90. The molecule has 4 fully saturated rings. The third-order valence-corrected chi connectivity index (χ3v) is 8.44. The lowest BCUT2D eigenvalue weighted by Gasteiger charge is -2.48. The van der Waals surface area contributed by atoms with Crippen LogP contribution in [0.1, 0.15) is 39.5 Å². The van der Waals surface area contributed by atoms with Gasteiger partial charge in [0.15, 0.2) is 5.72 Å². The number of hydrogen-bond donors (Lipinski definition) is 2. The summed E-state index contributed by atoms with van der Waals surface area (Å²) >= 11 is 5.82.